The molecule has 1 N–H and O–H groups in total. The van der Waals surface area contributed by atoms with Crippen LogP contribution in [0, 0.1) is 0 Å². The summed E-state index contributed by atoms with van der Waals surface area (Å²) >= 11 is 0. The number of carboxylic acids is 1. The molecule has 1 aliphatic carbocycles. The molecule has 5 nitrogen and oxygen atoms in total. The zero-order chi connectivity index (χ0) is 12.5. The Morgan fingerprint density at radius 2 is 2.18 bits per heavy atom. The molecule has 1 aromatic heterocycles. The summed E-state index contributed by atoms with van der Waals surface area (Å²) in [6.45, 7) is 0. The summed E-state index contributed by atoms with van der Waals surface area (Å²) in [5, 5.41) is 9.15. The number of aliphatic carboxylic acids is 1. The molecule has 1 aliphatic rings. The summed E-state index contributed by atoms with van der Waals surface area (Å²) in [6, 6.07) is 5.38. The van der Waals surface area contributed by atoms with Gasteiger partial charge in [-0.05, 0) is 18.9 Å². The van der Waals surface area contributed by atoms with Crippen molar-refractivity contribution in [2.45, 2.75) is 24.4 Å². The fourth-order valence-electron chi connectivity index (χ4n) is 2.16. The number of hydrogen-bond donors (Lipinski definition) is 1. The van der Waals surface area contributed by atoms with Crippen LogP contribution in [0.3, 0.4) is 0 Å². The van der Waals surface area contributed by atoms with Gasteiger partial charge in [-0.25, -0.2) is 9.78 Å². The second kappa shape index (κ2) is 4.33. The second-order valence-electron chi connectivity index (χ2n) is 4.18. The fraction of sp³-hybridized carbons (Fsp3) is 0.500. The molecule has 92 valence electrons. The van der Waals surface area contributed by atoms with Gasteiger partial charge in [-0.2, -0.15) is 0 Å². The lowest BCUT2D eigenvalue weighted by Gasteiger charge is -2.21. The first-order valence-electron chi connectivity index (χ1n) is 5.41. The Hall–Kier alpha value is -1.62. The number of carboxylic acid groups (broad SMARTS) is 1. The molecule has 0 amide bonds. The van der Waals surface area contributed by atoms with Crippen LogP contribution >= 0.6 is 0 Å². The molecule has 0 aromatic carbocycles. The second-order valence-corrected chi connectivity index (χ2v) is 4.18. The number of pyridine rings is 1. The normalized spacial score (nSPS) is 18.5. The Bertz CT molecular complexity index is 428. The summed E-state index contributed by atoms with van der Waals surface area (Å²) in [7, 11) is 2.95. The van der Waals surface area contributed by atoms with E-state index in [9.17, 15) is 4.79 Å². The molecule has 1 atom stereocenters. The molecule has 2 rings (SSSR count). The van der Waals surface area contributed by atoms with Gasteiger partial charge in [0, 0.05) is 18.6 Å². The minimum absolute atomic E-state index is 0.491. The molecule has 0 saturated heterocycles. The van der Waals surface area contributed by atoms with E-state index in [1.807, 2.05) is 12.1 Å². The smallest absolute Gasteiger partial charge is 0.333 e. The van der Waals surface area contributed by atoms with E-state index in [1.165, 1.54) is 14.2 Å². The number of hydrogen-bond acceptors (Lipinski definition) is 4. The molecular weight excluding hydrogens is 222 g/mol. The summed E-state index contributed by atoms with van der Waals surface area (Å²) in [6.07, 6.45) is 0.706. The average molecular weight is 237 g/mol. The quantitative estimate of drug-likeness (QED) is 0.834. The van der Waals surface area contributed by atoms with E-state index in [-0.39, 0.29) is 0 Å². The van der Waals surface area contributed by atoms with Crippen molar-refractivity contribution in [3.8, 4) is 5.88 Å². The maximum Gasteiger partial charge on any atom is 0.333 e. The van der Waals surface area contributed by atoms with E-state index in [0.717, 1.165) is 18.5 Å². The van der Waals surface area contributed by atoms with Crippen LogP contribution in [0.1, 0.15) is 18.5 Å². The molecule has 0 bridgehead atoms. The summed E-state index contributed by atoms with van der Waals surface area (Å²) in [5.41, 5.74) is 0.237. The van der Waals surface area contributed by atoms with Gasteiger partial charge in [0.05, 0.1) is 12.8 Å². The van der Waals surface area contributed by atoms with Gasteiger partial charge >= 0.3 is 5.97 Å². The van der Waals surface area contributed by atoms with Gasteiger partial charge in [-0.15, -0.1) is 0 Å². The molecule has 0 spiro atoms. The SMILES string of the molecule is COc1cccc(C2(C(OC)C(=O)O)CC2)n1. The van der Waals surface area contributed by atoms with Crippen LogP contribution in [-0.4, -0.2) is 36.4 Å². The van der Waals surface area contributed by atoms with E-state index in [4.69, 9.17) is 14.6 Å². The number of nitrogens with zero attached hydrogens (tertiary/aromatic N) is 1. The third kappa shape index (κ3) is 1.98. The molecule has 5 heteroatoms. The number of rotatable bonds is 5. The molecule has 0 radical (unpaired) electrons. The van der Waals surface area contributed by atoms with Crippen LogP contribution in [0.4, 0.5) is 0 Å². The Balaban J connectivity index is 2.34. The van der Waals surface area contributed by atoms with Gasteiger partial charge in [0.15, 0.2) is 6.10 Å². The number of ether oxygens (including phenoxy) is 2. The van der Waals surface area contributed by atoms with E-state index < -0.39 is 17.5 Å². The van der Waals surface area contributed by atoms with Gasteiger partial charge in [0.25, 0.3) is 0 Å². The Morgan fingerprint density at radius 1 is 1.47 bits per heavy atom. The predicted octanol–water partition coefficient (Wildman–Crippen LogP) is 1.22. The van der Waals surface area contributed by atoms with E-state index in [1.54, 1.807) is 6.07 Å². The molecule has 1 saturated carbocycles. The molecule has 1 fully saturated rings. The van der Waals surface area contributed by atoms with Gasteiger partial charge < -0.3 is 14.6 Å². The van der Waals surface area contributed by atoms with Crippen molar-refractivity contribution in [2.75, 3.05) is 14.2 Å². The van der Waals surface area contributed by atoms with E-state index >= 15 is 0 Å². The van der Waals surface area contributed by atoms with Crippen molar-refractivity contribution in [1.29, 1.82) is 0 Å². The Kier molecular flexibility index (Phi) is 3.02. The summed E-state index contributed by atoms with van der Waals surface area (Å²) in [4.78, 5) is 15.5. The maximum absolute atomic E-state index is 11.2. The first-order chi connectivity index (χ1) is 8.14. The van der Waals surface area contributed by atoms with Crippen LogP contribution in [-0.2, 0) is 14.9 Å². The van der Waals surface area contributed by atoms with Crippen molar-refractivity contribution in [2.24, 2.45) is 0 Å². The van der Waals surface area contributed by atoms with Crippen molar-refractivity contribution in [3.05, 3.63) is 23.9 Å². The monoisotopic (exact) mass is 237 g/mol. The highest BCUT2D eigenvalue weighted by Crippen LogP contribution is 2.51. The standard InChI is InChI=1S/C12H15NO4/c1-16-9-5-3-4-8(13-9)12(6-7-12)10(17-2)11(14)15/h3-5,10H,6-7H2,1-2H3,(H,14,15). The highest BCUT2D eigenvalue weighted by atomic mass is 16.5. The largest absolute Gasteiger partial charge is 0.481 e. The number of carbonyl (C=O) groups is 1. The van der Waals surface area contributed by atoms with Crippen LogP contribution in [0.2, 0.25) is 0 Å². The molecule has 1 heterocycles. The summed E-state index contributed by atoms with van der Waals surface area (Å²) in [5.74, 6) is -0.455. The van der Waals surface area contributed by atoms with Gasteiger partial charge in [-0.1, -0.05) is 6.07 Å². The lowest BCUT2D eigenvalue weighted by atomic mass is 9.94. The zero-order valence-electron chi connectivity index (χ0n) is 9.84. The first-order valence-corrected chi connectivity index (χ1v) is 5.41. The number of methoxy groups -OCH3 is 2. The third-order valence-corrected chi connectivity index (χ3v) is 3.19. The first kappa shape index (κ1) is 11.9. The highest BCUT2D eigenvalue weighted by Gasteiger charge is 2.55. The minimum Gasteiger partial charge on any atom is -0.481 e. The van der Waals surface area contributed by atoms with Gasteiger partial charge in [-0.3, -0.25) is 0 Å². The minimum atomic E-state index is -0.949. The highest BCUT2D eigenvalue weighted by molar-refractivity contribution is 5.75. The number of aromatic nitrogens is 1. The molecule has 1 unspecified atom stereocenters. The summed E-state index contributed by atoms with van der Waals surface area (Å²) < 4.78 is 10.1. The topological polar surface area (TPSA) is 68.7 Å². The molecule has 17 heavy (non-hydrogen) atoms. The van der Waals surface area contributed by atoms with Crippen molar-refractivity contribution in [3.63, 3.8) is 0 Å². The zero-order valence-corrected chi connectivity index (χ0v) is 9.84. The molecule has 1 aromatic rings. The van der Waals surface area contributed by atoms with Crippen LogP contribution in [0.25, 0.3) is 0 Å². The molecule has 0 aliphatic heterocycles. The van der Waals surface area contributed by atoms with E-state index in [2.05, 4.69) is 4.98 Å². The van der Waals surface area contributed by atoms with Gasteiger partial charge in [0.2, 0.25) is 5.88 Å². The lowest BCUT2D eigenvalue weighted by molar-refractivity contribution is -0.150. The lowest BCUT2D eigenvalue weighted by Crippen LogP contribution is -2.36. The maximum atomic E-state index is 11.2. The van der Waals surface area contributed by atoms with E-state index in [0.29, 0.717) is 5.88 Å². The fourth-order valence-corrected chi connectivity index (χ4v) is 2.16. The van der Waals surface area contributed by atoms with Crippen LogP contribution in [0.5, 0.6) is 5.88 Å². The predicted molar refractivity (Wildman–Crippen MR) is 60.1 cm³/mol. The van der Waals surface area contributed by atoms with Gasteiger partial charge in [0.1, 0.15) is 0 Å². The Morgan fingerprint density at radius 3 is 2.65 bits per heavy atom. The Labute approximate surface area is 99.4 Å². The van der Waals surface area contributed by atoms with Crippen molar-refractivity contribution >= 4 is 5.97 Å². The molecular formula is C12H15NO4. The van der Waals surface area contributed by atoms with Crippen LogP contribution < -0.4 is 4.74 Å². The average Bonchev–Trinajstić information content (AvgIpc) is 3.11. The van der Waals surface area contributed by atoms with Crippen LogP contribution in [0.15, 0.2) is 18.2 Å². The van der Waals surface area contributed by atoms with Crippen molar-refractivity contribution < 1.29 is 19.4 Å². The van der Waals surface area contributed by atoms with Crippen molar-refractivity contribution in [1.82, 2.24) is 4.98 Å². The third-order valence-electron chi connectivity index (χ3n) is 3.19.